The summed E-state index contributed by atoms with van der Waals surface area (Å²) in [7, 11) is 0. The molecule has 1 rings (SSSR count). The van der Waals surface area contributed by atoms with E-state index in [1.807, 2.05) is 0 Å². The summed E-state index contributed by atoms with van der Waals surface area (Å²) in [5.74, 6) is 0.117. The Labute approximate surface area is 41.7 Å². The average Bonchev–Trinajstić information content (AvgIpc) is 1.69. The number of morpholine rings is 1. The maximum Gasteiger partial charge on any atom is 0.336 e. The molecule has 0 aromatic heterocycles. The number of rotatable bonds is 0. The Morgan fingerprint density at radius 1 is 1.71 bits per heavy atom. The number of amides is 1. The van der Waals surface area contributed by atoms with Crippen molar-refractivity contribution in [3.05, 3.63) is 0 Å². The third-order valence-corrected chi connectivity index (χ3v) is 0.879. The van der Waals surface area contributed by atoms with Crippen LogP contribution in [0, 0.1) is 0 Å². The molecule has 0 saturated carbocycles. The summed E-state index contributed by atoms with van der Waals surface area (Å²) in [6, 6.07) is 0. The molecule has 2 N–H and O–H groups in total. The second-order valence-electron chi connectivity index (χ2n) is 1.51. The maximum absolute atomic E-state index is 10.3. The van der Waals surface area contributed by atoms with E-state index in [0.717, 1.165) is 6.54 Å². The highest BCUT2D eigenvalue weighted by Crippen LogP contribution is 1.71. The summed E-state index contributed by atoms with van der Waals surface area (Å²) in [5.41, 5.74) is 0. The van der Waals surface area contributed by atoms with Crippen LogP contribution in [0.5, 0.6) is 0 Å². The molecule has 0 spiro atoms. The van der Waals surface area contributed by atoms with Crippen LogP contribution in [0.15, 0.2) is 0 Å². The average molecular weight is 102 g/mol. The van der Waals surface area contributed by atoms with Crippen molar-refractivity contribution in [3.8, 4) is 0 Å². The summed E-state index contributed by atoms with van der Waals surface area (Å²) in [4.78, 5) is 10.3. The van der Waals surface area contributed by atoms with Gasteiger partial charge in [-0.3, -0.25) is 5.32 Å². The van der Waals surface area contributed by atoms with Gasteiger partial charge < -0.3 is 4.74 Å². The molecule has 0 atom stereocenters. The quantitative estimate of drug-likeness (QED) is 0.388. The van der Waals surface area contributed by atoms with E-state index in [1.165, 1.54) is 0 Å². The molecular formula is C4H8NO2+. The molecule has 0 radical (unpaired) electrons. The van der Waals surface area contributed by atoms with Crippen molar-refractivity contribution in [1.29, 1.82) is 0 Å². The van der Waals surface area contributed by atoms with E-state index < -0.39 is 0 Å². The fraction of sp³-hybridized carbons (Fsp3) is 0.750. The lowest BCUT2D eigenvalue weighted by Crippen LogP contribution is -2.91. The first-order valence-electron chi connectivity index (χ1n) is 2.33. The lowest BCUT2D eigenvalue weighted by atomic mass is 10.5. The highest BCUT2D eigenvalue weighted by molar-refractivity contribution is 5.66. The van der Waals surface area contributed by atoms with Gasteiger partial charge in [-0.25, -0.2) is 4.79 Å². The van der Waals surface area contributed by atoms with Crippen molar-refractivity contribution in [2.75, 3.05) is 19.8 Å². The number of carbonyl (C=O) groups is 1. The third kappa shape index (κ3) is 1.25. The Morgan fingerprint density at radius 3 is 2.86 bits per heavy atom. The topological polar surface area (TPSA) is 42.9 Å². The lowest BCUT2D eigenvalue weighted by molar-refractivity contribution is -0.582. The molecule has 3 heteroatoms. The van der Waals surface area contributed by atoms with Crippen molar-refractivity contribution in [2.45, 2.75) is 0 Å². The van der Waals surface area contributed by atoms with E-state index in [0.29, 0.717) is 13.2 Å². The van der Waals surface area contributed by atoms with Crippen LogP contribution in [-0.4, -0.2) is 25.7 Å². The Balaban J connectivity index is 2.25. The Bertz CT molecular complexity index is 73.8. The largest absolute Gasteiger partial charge is 0.361 e. The summed E-state index contributed by atoms with van der Waals surface area (Å²) < 4.78 is 4.80. The predicted octanol–water partition coefficient (Wildman–Crippen LogP) is -1.89. The van der Waals surface area contributed by atoms with E-state index in [2.05, 4.69) is 0 Å². The summed E-state index contributed by atoms with van der Waals surface area (Å²) >= 11 is 0. The predicted molar refractivity (Wildman–Crippen MR) is 22.6 cm³/mol. The smallest absolute Gasteiger partial charge is 0.336 e. The van der Waals surface area contributed by atoms with Crippen molar-refractivity contribution in [1.82, 2.24) is 0 Å². The van der Waals surface area contributed by atoms with E-state index >= 15 is 0 Å². The minimum absolute atomic E-state index is 0.117. The first-order valence-corrected chi connectivity index (χ1v) is 2.33. The van der Waals surface area contributed by atoms with E-state index in [-0.39, 0.29) is 5.91 Å². The van der Waals surface area contributed by atoms with Gasteiger partial charge in [0.25, 0.3) is 0 Å². The van der Waals surface area contributed by atoms with Crippen LogP contribution in [0.4, 0.5) is 0 Å². The van der Waals surface area contributed by atoms with Crippen molar-refractivity contribution in [3.63, 3.8) is 0 Å². The van der Waals surface area contributed by atoms with Crippen molar-refractivity contribution >= 4 is 5.91 Å². The zero-order valence-corrected chi connectivity index (χ0v) is 4.02. The SMILES string of the molecule is O=C1COCC[NH2+]1. The molecule has 1 amide bonds. The number of hydrogen-bond acceptors (Lipinski definition) is 2. The van der Waals surface area contributed by atoms with Crippen LogP contribution >= 0.6 is 0 Å². The molecule has 0 aromatic carbocycles. The van der Waals surface area contributed by atoms with Gasteiger partial charge in [0.15, 0.2) is 6.61 Å². The molecule has 7 heavy (non-hydrogen) atoms. The molecule has 0 bridgehead atoms. The fourth-order valence-electron chi connectivity index (χ4n) is 0.535. The first kappa shape index (κ1) is 4.74. The minimum Gasteiger partial charge on any atom is -0.361 e. The van der Waals surface area contributed by atoms with Crippen LogP contribution in [0.3, 0.4) is 0 Å². The molecule has 1 heterocycles. The molecule has 0 aromatic rings. The number of ether oxygens (including phenoxy) is 1. The monoisotopic (exact) mass is 102 g/mol. The maximum atomic E-state index is 10.3. The molecule has 40 valence electrons. The van der Waals surface area contributed by atoms with Crippen LogP contribution in [0.2, 0.25) is 0 Å². The van der Waals surface area contributed by atoms with Gasteiger partial charge in [0.2, 0.25) is 0 Å². The molecule has 1 aliphatic rings. The molecule has 1 saturated heterocycles. The van der Waals surface area contributed by atoms with Gasteiger partial charge in [0.05, 0.1) is 6.61 Å². The first-order chi connectivity index (χ1) is 3.39. The Morgan fingerprint density at radius 2 is 2.57 bits per heavy atom. The molecule has 0 unspecified atom stereocenters. The van der Waals surface area contributed by atoms with Gasteiger partial charge in [0, 0.05) is 0 Å². The minimum atomic E-state index is 0.117. The molecule has 3 nitrogen and oxygen atoms in total. The molecule has 0 aliphatic carbocycles. The number of quaternary nitrogens is 1. The zero-order chi connectivity index (χ0) is 5.11. The van der Waals surface area contributed by atoms with E-state index in [9.17, 15) is 4.79 Å². The summed E-state index contributed by atoms with van der Waals surface area (Å²) in [6.07, 6.45) is 0. The molecular weight excluding hydrogens is 94.0 g/mol. The number of carbonyl (C=O) groups excluding carboxylic acids is 1. The lowest BCUT2D eigenvalue weighted by Gasteiger charge is -2.05. The Hall–Kier alpha value is -0.410. The van der Waals surface area contributed by atoms with Gasteiger partial charge in [0.1, 0.15) is 6.54 Å². The third-order valence-electron chi connectivity index (χ3n) is 0.879. The molecule has 1 aliphatic heterocycles. The number of primary amides is 1. The van der Waals surface area contributed by atoms with Gasteiger partial charge in [-0.05, 0) is 0 Å². The van der Waals surface area contributed by atoms with Crippen LogP contribution in [0.25, 0.3) is 0 Å². The van der Waals surface area contributed by atoms with Crippen molar-refractivity contribution < 1.29 is 14.8 Å². The van der Waals surface area contributed by atoms with Gasteiger partial charge in [-0.1, -0.05) is 0 Å². The van der Waals surface area contributed by atoms with Gasteiger partial charge >= 0.3 is 5.91 Å². The zero-order valence-electron chi connectivity index (χ0n) is 4.02. The van der Waals surface area contributed by atoms with Gasteiger partial charge in [-0.15, -0.1) is 0 Å². The Kier molecular flexibility index (Phi) is 1.38. The summed E-state index contributed by atoms with van der Waals surface area (Å²) in [5, 5.41) is 1.67. The molecule has 1 fully saturated rings. The highest BCUT2D eigenvalue weighted by Gasteiger charge is 2.09. The standard InChI is InChI=1S/C4H7NO2/c6-4-3-7-2-1-5-4/h1-3H2,(H,5,6)/p+1. The number of nitrogens with two attached hydrogens (primary N) is 1. The van der Waals surface area contributed by atoms with Crippen LogP contribution < -0.4 is 5.32 Å². The summed E-state index contributed by atoms with van der Waals surface area (Å²) in [6.45, 7) is 1.80. The van der Waals surface area contributed by atoms with Gasteiger partial charge in [-0.2, -0.15) is 0 Å². The fourth-order valence-corrected chi connectivity index (χ4v) is 0.535. The van der Waals surface area contributed by atoms with Crippen LogP contribution in [-0.2, 0) is 9.53 Å². The normalized spacial score (nSPS) is 22.6. The van der Waals surface area contributed by atoms with E-state index in [1.54, 1.807) is 5.32 Å². The second-order valence-corrected chi connectivity index (χ2v) is 1.51. The van der Waals surface area contributed by atoms with Crippen LogP contribution in [0.1, 0.15) is 0 Å². The van der Waals surface area contributed by atoms with Crippen molar-refractivity contribution in [2.24, 2.45) is 0 Å². The second kappa shape index (κ2) is 2.04. The van der Waals surface area contributed by atoms with E-state index in [4.69, 9.17) is 4.74 Å². The highest BCUT2D eigenvalue weighted by atomic mass is 16.5. The number of hydrogen-bond donors (Lipinski definition) is 1.